The summed E-state index contributed by atoms with van der Waals surface area (Å²) in [4.78, 5) is 4.64. The van der Waals surface area contributed by atoms with Crippen molar-refractivity contribution >= 4 is 17.3 Å². The Morgan fingerprint density at radius 1 is 1.46 bits per heavy atom. The fourth-order valence-electron chi connectivity index (χ4n) is 3.01. The van der Waals surface area contributed by atoms with Gasteiger partial charge in [0, 0.05) is 17.9 Å². The summed E-state index contributed by atoms with van der Waals surface area (Å²) in [5.41, 5.74) is 9.93. The molecular formula is C20H21ClN2O. The van der Waals surface area contributed by atoms with E-state index in [0.717, 1.165) is 41.3 Å². The highest BCUT2D eigenvalue weighted by Gasteiger charge is 2.26. The average molecular weight is 341 g/mol. The Balaban J connectivity index is 1.85. The number of hydrogen-bond donors (Lipinski definition) is 1. The lowest BCUT2D eigenvalue weighted by Gasteiger charge is -2.20. The zero-order chi connectivity index (χ0) is 17.1. The fraction of sp³-hybridized carbons (Fsp3) is 0.250. The molecule has 0 radical (unpaired) electrons. The molecule has 3 nitrogen and oxygen atoms in total. The highest BCUT2D eigenvalue weighted by Crippen LogP contribution is 2.34. The van der Waals surface area contributed by atoms with Gasteiger partial charge in [-0.15, -0.1) is 0 Å². The van der Waals surface area contributed by atoms with E-state index in [0.29, 0.717) is 17.5 Å². The predicted octanol–water partition coefficient (Wildman–Crippen LogP) is 5.03. The van der Waals surface area contributed by atoms with Crippen molar-refractivity contribution in [1.29, 1.82) is 0 Å². The molecule has 0 bridgehead atoms. The topological polar surface area (TPSA) is 52.0 Å². The molecule has 0 amide bonds. The molecule has 0 spiro atoms. The van der Waals surface area contributed by atoms with Crippen molar-refractivity contribution in [3.63, 3.8) is 0 Å². The average Bonchev–Trinajstić information content (AvgIpc) is 3.02. The zero-order valence-corrected chi connectivity index (χ0v) is 14.5. The van der Waals surface area contributed by atoms with Crippen molar-refractivity contribution in [2.24, 2.45) is 5.73 Å². The Kier molecular flexibility index (Phi) is 4.91. The summed E-state index contributed by atoms with van der Waals surface area (Å²) >= 11 is 6.12. The third-order valence-electron chi connectivity index (χ3n) is 4.40. The second kappa shape index (κ2) is 7.10. The van der Waals surface area contributed by atoms with Gasteiger partial charge in [0.15, 0.2) is 0 Å². The Morgan fingerprint density at radius 2 is 2.29 bits per heavy atom. The summed E-state index contributed by atoms with van der Waals surface area (Å²) in [6, 6.07) is 8.06. The van der Waals surface area contributed by atoms with Gasteiger partial charge in [0.2, 0.25) is 5.89 Å². The number of allylic oxidation sites excluding steroid dienone is 4. The van der Waals surface area contributed by atoms with Crippen LogP contribution in [-0.4, -0.2) is 4.98 Å². The number of aromatic nitrogens is 1. The minimum absolute atomic E-state index is 0.418. The second-order valence-corrected chi connectivity index (χ2v) is 6.51. The lowest BCUT2D eigenvalue weighted by Crippen LogP contribution is -2.12. The number of nitrogens with two attached hydrogens (primary N) is 1. The van der Waals surface area contributed by atoms with Crippen LogP contribution < -0.4 is 5.73 Å². The molecule has 124 valence electrons. The summed E-state index contributed by atoms with van der Waals surface area (Å²) in [5, 5.41) is 0.774. The number of hydrogen-bond acceptors (Lipinski definition) is 3. The standard InChI is InChI=1S/C20H21ClN2O/c1-3-4-6-13(2)19(22)20-23-17-12-15(9-10-18(17)24-20)14-7-5-8-16(21)11-14/h3-8,11,15H,1,9-10,12,22H2,2H3/b6-4-,19-13-. The number of fused-ring (bicyclic) bond motifs is 1. The first-order valence-corrected chi connectivity index (χ1v) is 8.46. The molecule has 0 saturated carbocycles. The lowest BCUT2D eigenvalue weighted by atomic mass is 9.85. The normalized spacial score (nSPS) is 18.3. The van der Waals surface area contributed by atoms with E-state index < -0.39 is 0 Å². The van der Waals surface area contributed by atoms with Gasteiger partial charge in [-0.3, -0.25) is 0 Å². The van der Waals surface area contributed by atoms with Gasteiger partial charge in [0.05, 0.1) is 11.4 Å². The molecule has 1 aromatic heterocycles. The lowest BCUT2D eigenvalue weighted by molar-refractivity contribution is 0.450. The van der Waals surface area contributed by atoms with E-state index in [1.165, 1.54) is 5.56 Å². The van der Waals surface area contributed by atoms with Crippen LogP contribution in [-0.2, 0) is 12.8 Å². The van der Waals surface area contributed by atoms with E-state index in [-0.39, 0.29) is 0 Å². The summed E-state index contributed by atoms with van der Waals surface area (Å²) < 4.78 is 5.90. The molecule has 2 N–H and O–H groups in total. The molecular weight excluding hydrogens is 320 g/mol. The molecule has 1 aliphatic carbocycles. The molecule has 0 aliphatic heterocycles. The molecule has 0 saturated heterocycles. The summed E-state index contributed by atoms with van der Waals surface area (Å²) in [7, 11) is 0. The molecule has 24 heavy (non-hydrogen) atoms. The van der Waals surface area contributed by atoms with Crippen LogP contribution in [0.15, 0.2) is 59.1 Å². The number of benzene rings is 1. The molecule has 2 aromatic rings. The third kappa shape index (κ3) is 3.46. The number of nitrogens with zero attached hydrogens (tertiary/aromatic N) is 1. The monoisotopic (exact) mass is 340 g/mol. The van der Waals surface area contributed by atoms with Gasteiger partial charge in [-0.1, -0.05) is 48.5 Å². The molecule has 1 atom stereocenters. The van der Waals surface area contributed by atoms with Gasteiger partial charge in [-0.2, -0.15) is 0 Å². The number of aryl methyl sites for hydroxylation is 1. The quantitative estimate of drug-likeness (QED) is 0.794. The Hall–Kier alpha value is -2.26. The van der Waals surface area contributed by atoms with E-state index in [1.807, 2.05) is 37.3 Å². The van der Waals surface area contributed by atoms with Gasteiger partial charge in [-0.05, 0) is 42.5 Å². The summed E-state index contributed by atoms with van der Waals surface area (Å²) in [6.07, 6.45) is 8.22. The van der Waals surface area contributed by atoms with Gasteiger partial charge in [0.25, 0.3) is 0 Å². The largest absolute Gasteiger partial charge is 0.440 e. The second-order valence-electron chi connectivity index (χ2n) is 6.08. The van der Waals surface area contributed by atoms with Crippen LogP contribution in [0.4, 0.5) is 0 Å². The van der Waals surface area contributed by atoms with Crippen LogP contribution >= 0.6 is 11.6 Å². The third-order valence-corrected chi connectivity index (χ3v) is 4.63. The summed E-state index contributed by atoms with van der Waals surface area (Å²) in [5.74, 6) is 1.88. The number of rotatable bonds is 4. The van der Waals surface area contributed by atoms with Crippen molar-refractivity contribution < 1.29 is 4.42 Å². The minimum Gasteiger partial charge on any atom is -0.440 e. The first kappa shape index (κ1) is 16.6. The van der Waals surface area contributed by atoms with E-state index in [2.05, 4.69) is 17.6 Å². The zero-order valence-electron chi connectivity index (χ0n) is 13.8. The van der Waals surface area contributed by atoms with Crippen LogP contribution in [0.1, 0.15) is 42.2 Å². The molecule has 1 aliphatic rings. The minimum atomic E-state index is 0.418. The fourth-order valence-corrected chi connectivity index (χ4v) is 3.21. The first-order chi connectivity index (χ1) is 11.6. The van der Waals surface area contributed by atoms with Crippen LogP contribution in [0.25, 0.3) is 5.70 Å². The Labute approximate surface area is 147 Å². The molecule has 1 unspecified atom stereocenters. The van der Waals surface area contributed by atoms with Gasteiger partial charge < -0.3 is 10.2 Å². The SMILES string of the molecule is C=C/C=C\C(C)=C(/N)c1nc2c(o1)CCC(c1cccc(Cl)c1)C2. The van der Waals surface area contributed by atoms with Crippen molar-refractivity contribution in [3.8, 4) is 0 Å². The van der Waals surface area contributed by atoms with Gasteiger partial charge in [0.1, 0.15) is 5.76 Å². The van der Waals surface area contributed by atoms with Crippen molar-refractivity contribution in [1.82, 2.24) is 4.98 Å². The summed E-state index contributed by atoms with van der Waals surface area (Å²) in [6.45, 7) is 5.60. The van der Waals surface area contributed by atoms with Crippen molar-refractivity contribution in [3.05, 3.63) is 82.6 Å². The van der Waals surface area contributed by atoms with Gasteiger partial charge in [-0.25, -0.2) is 4.98 Å². The van der Waals surface area contributed by atoms with Crippen LogP contribution in [0.3, 0.4) is 0 Å². The highest BCUT2D eigenvalue weighted by atomic mass is 35.5. The smallest absolute Gasteiger partial charge is 0.243 e. The maximum Gasteiger partial charge on any atom is 0.243 e. The van der Waals surface area contributed by atoms with E-state index in [4.69, 9.17) is 21.8 Å². The Morgan fingerprint density at radius 3 is 3.04 bits per heavy atom. The molecule has 3 rings (SSSR count). The van der Waals surface area contributed by atoms with Gasteiger partial charge >= 0.3 is 0 Å². The number of halogens is 1. The molecule has 1 heterocycles. The number of oxazole rings is 1. The highest BCUT2D eigenvalue weighted by molar-refractivity contribution is 6.30. The van der Waals surface area contributed by atoms with Crippen molar-refractivity contribution in [2.75, 3.05) is 0 Å². The maximum atomic E-state index is 6.18. The van der Waals surface area contributed by atoms with E-state index >= 15 is 0 Å². The maximum absolute atomic E-state index is 6.18. The van der Waals surface area contributed by atoms with Crippen LogP contribution in [0.5, 0.6) is 0 Å². The molecule has 0 fully saturated rings. The first-order valence-electron chi connectivity index (χ1n) is 8.08. The van der Waals surface area contributed by atoms with E-state index in [1.54, 1.807) is 6.08 Å². The van der Waals surface area contributed by atoms with Crippen molar-refractivity contribution in [2.45, 2.75) is 32.1 Å². The van der Waals surface area contributed by atoms with E-state index in [9.17, 15) is 0 Å². The van der Waals surface area contributed by atoms with Crippen LogP contribution in [0.2, 0.25) is 5.02 Å². The molecule has 1 aromatic carbocycles. The predicted molar refractivity (Wildman–Crippen MR) is 98.8 cm³/mol. The van der Waals surface area contributed by atoms with Crippen LogP contribution in [0, 0.1) is 0 Å². The Bertz CT molecular complexity index is 817. The molecule has 4 heteroatoms.